The normalized spacial score (nSPS) is 48.7. The van der Waals surface area contributed by atoms with Crippen LogP contribution in [0.15, 0.2) is 12.1 Å². The molecule has 0 radical (unpaired) electrons. The van der Waals surface area contributed by atoms with Gasteiger partial charge < -0.3 is 28.8 Å². The van der Waals surface area contributed by atoms with Gasteiger partial charge in [0, 0.05) is 18.2 Å². The number of likely N-dealkylation sites (tertiary alicyclic amines) is 1. The van der Waals surface area contributed by atoms with Gasteiger partial charge in [0.2, 0.25) is 0 Å². The third kappa shape index (κ3) is 2.40. The number of hydrogen-bond acceptors (Lipinski definition) is 8. The molecule has 8 nitrogen and oxygen atoms in total. The second-order valence-corrected chi connectivity index (χ2v) is 14.5. The molecule has 0 amide bonds. The Hall–Kier alpha value is -1.42. The average molecular weight is 525 g/mol. The third-order valence-corrected chi connectivity index (χ3v) is 11.6. The Kier molecular flexibility index (Phi) is 4.12. The molecule has 38 heavy (non-hydrogen) atoms. The number of ether oxygens (including phenoxy) is 5. The molecule has 5 aliphatic heterocycles. The van der Waals surface area contributed by atoms with E-state index in [1.165, 1.54) is 24.0 Å². The molecular weight excluding hydrogens is 484 g/mol. The summed E-state index contributed by atoms with van der Waals surface area (Å²) in [6, 6.07) is 4.35. The van der Waals surface area contributed by atoms with Crippen LogP contribution in [0.1, 0.15) is 70.9 Å². The zero-order valence-corrected chi connectivity index (χ0v) is 23.2. The van der Waals surface area contributed by atoms with Crippen LogP contribution in [0.3, 0.4) is 0 Å². The minimum absolute atomic E-state index is 0.0850. The minimum atomic E-state index is -0.892. The molecule has 1 aromatic rings. The van der Waals surface area contributed by atoms with E-state index in [1.54, 1.807) is 7.11 Å². The van der Waals surface area contributed by atoms with Crippen LogP contribution in [-0.4, -0.2) is 88.3 Å². The number of benzene rings is 1. The first-order chi connectivity index (χ1) is 18.1. The zero-order chi connectivity index (χ0) is 26.0. The van der Waals surface area contributed by atoms with Crippen LogP contribution in [0.2, 0.25) is 0 Å². The summed E-state index contributed by atoms with van der Waals surface area (Å²) in [5.74, 6) is 2.34. The average Bonchev–Trinajstić information content (AvgIpc) is 3.33. The second-order valence-electron chi connectivity index (χ2n) is 14.5. The fraction of sp³-hybridized carbons (Fsp3) is 0.800. The van der Waals surface area contributed by atoms with Gasteiger partial charge in [0.05, 0.1) is 18.1 Å². The number of aliphatic hydroxyl groups is 1. The van der Waals surface area contributed by atoms with E-state index in [2.05, 4.69) is 49.6 Å². The van der Waals surface area contributed by atoms with Gasteiger partial charge in [-0.2, -0.15) is 0 Å². The summed E-state index contributed by atoms with van der Waals surface area (Å²) in [6.45, 7) is 10.6. The maximum Gasteiger partial charge on any atom is 0.166 e. The molecule has 0 aromatic heterocycles. The summed E-state index contributed by atoms with van der Waals surface area (Å²) < 4.78 is 33.6. The first kappa shape index (κ1) is 23.3. The molecule has 6 fully saturated rings. The van der Waals surface area contributed by atoms with Crippen molar-refractivity contribution in [3.63, 3.8) is 0 Å². The summed E-state index contributed by atoms with van der Waals surface area (Å²) in [4.78, 5) is 4.94. The monoisotopic (exact) mass is 524 g/mol. The number of nitrogens with zero attached hydrogens (tertiary/aromatic N) is 2. The molecule has 8 aliphatic rings. The van der Waals surface area contributed by atoms with Crippen molar-refractivity contribution in [3.05, 3.63) is 23.3 Å². The smallest absolute Gasteiger partial charge is 0.166 e. The maximum atomic E-state index is 13.0. The lowest BCUT2D eigenvalue weighted by atomic mass is 9.46. The Morgan fingerprint density at radius 1 is 0.974 bits per heavy atom. The Balaban J connectivity index is 1.24. The largest absolute Gasteiger partial charge is 0.493 e. The van der Waals surface area contributed by atoms with Gasteiger partial charge in [-0.15, -0.1) is 0 Å². The van der Waals surface area contributed by atoms with Gasteiger partial charge in [-0.1, -0.05) is 6.07 Å². The van der Waals surface area contributed by atoms with E-state index in [0.29, 0.717) is 12.8 Å². The van der Waals surface area contributed by atoms with Gasteiger partial charge >= 0.3 is 0 Å². The van der Waals surface area contributed by atoms with Gasteiger partial charge in [-0.3, -0.25) is 4.90 Å². The number of methoxy groups -OCH3 is 1. The van der Waals surface area contributed by atoms with E-state index in [4.69, 9.17) is 23.7 Å². The number of fused-ring (bicyclic) bond motifs is 2. The van der Waals surface area contributed by atoms with Gasteiger partial charge in [0.25, 0.3) is 0 Å². The van der Waals surface area contributed by atoms with Crippen molar-refractivity contribution in [1.82, 2.24) is 9.80 Å². The van der Waals surface area contributed by atoms with Crippen LogP contribution >= 0.6 is 0 Å². The van der Waals surface area contributed by atoms with Crippen LogP contribution < -0.4 is 9.47 Å². The van der Waals surface area contributed by atoms with Crippen molar-refractivity contribution in [2.24, 2.45) is 5.92 Å². The summed E-state index contributed by atoms with van der Waals surface area (Å²) in [5.41, 5.74) is -0.660. The van der Waals surface area contributed by atoms with Crippen LogP contribution in [0.4, 0.5) is 0 Å². The van der Waals surface area contributed by atoms with Crippen molar-refractivity contribution in [2.45, 2.75) is 125 Å². The number of rotatable bonds is 3. The lowest BCUT2D eigenvalue weighted by Crippen LogP contribution is -2.80. The highest BCUT2D eigenvalue weighted by Crippen LogP contribution is 2.71. The van der Waals surface area contributed by atoms with Gasteiger partial charge in [-0.05, 0) is 90.3 Å². The van der Waals surface area contributed by atoms with E-state index in [1.807, 2.05) is 0 Å². The van der Waals surface area contributed by atoms with Crippen molar-refractivity contribution in [1.29, 1.82) is 0 Å². The van der Waals surface area contributed by atoms with E-state index in [9.17, 15) is 5.11 Å². The Morgan fingerprint density at radius 3 is 2.45 bits per heavy atom. The molecule has 2 bridgehead atoms. The lowest BCUT2D eigenvalue weighted by Gasteiger charge is -2.66. The molecule has 8 heteroatoms. The molecule has 2 saturated carbocycles. The molecule has 0 unspecified atom stereocenters. The quantitative estimate of drug-likeness (QED) is 0.647. The van der Waals surface area contributed by atoms with Crippen molar-refractivity contribution >= 4 is 0 Å². The van der Waals surface area contributed by atoms with Gasteiger partial charge in [0.1, 0.15) is 41.6 Å². The van der Waals surface area contributed by atoms with Crippen molar-refractivity contribution in [3.8, 4) is 11.5 Å². The van der Waals surface area contributed by atoms with Gasteiger partial charge in [-0.25, -0.2) is 4.90 Å². The molecule has 4 saturated heterocycles. The summed E-state index contributed by atoms with van der Waals surface area (Å²) >= 11 is 0. The highest BCUT2D eigenvalue weighted by atomic mass is 16.7. The molecule has 8 atom stereocenters. The lowest BCUT2D eigenvalue weighted by molar-refractivity contribution is -0.267. The Morgan fingerprint density at radius 2 is 1.71 bits per heavy atom. The van der Waals surface area contributed by atoms with Crippen LogP contribution in [0, 0.1) is 5.92 Å². The van der Waals surface area contributed by atoms with Crippen molar-refractivity contribution < 1.29 is 28.8 Å². The molecular formula is C30H40N2O6. The number of piperidine rings is 1. The molecule has 9 rings (SSSR count). The van der Waals surface area contributed by atoms with Crippen LogP contribution in [0.25, 0.3) is 0 Å². The summed E-state index contributed by atoms with van der Waals surface area (Å²) in [6.07, 6.45) is 4.61. The van der Waals surface area contributed by atoms with Crippen LogP contribution in [0.5, 0.6) is 11.5 Å². The topological polar surface area (TPSA) is 72.9 Å². The van der Waals surface area contributed by atoms with Gasteiger partial charge in [0.15, 0.2) is 11.5 Å². The van der Waals surface area contributed by atoms with E-state index < -0.39 is 27.8 Å². The Bertz CT molecular complexity index is 1250. The Labute approximate surface area is 224 Å². The fourth-order valence-corrected chi connectivity index (χ4v) is 9.90. The standard InChI is InChI=1S/C30H40N2O6/c1-26(2)23-32-24(27(3,4)36-23)38-29(25(32)37-26)10-11-30(33)19-14-17-8-9-18(34-5)21-20(17)28(30,22(29)35-21)12-13-31(19)15-16-6-7-16/h8-9,16,19,22-25,33H,6-7,10-15H2,1-5H3/t19-,22-,23-,24-,25-,28+,29+,30-/m1/s1. The number of hydrogen-bond donors (Lipinski definition) is 1. The molecule has 2 spiro atoms. The highest BCUT2D eigenvalue weighted by Gasteiger charge is 2.83. The van der Waals surface area contributed by atoms with Crippen LogP contribution in [-0.2, 0) is 26.0 Å². The SMILES string of the molecule is COc1ccc2c3c1O[C@H]1[C@]4(CC[C@@]5(O)[C@@H](C2)N(CC2CC2)CC[C@]315)O[C@H]1N2[C@H](OC1(C)C)C(C)(C)O[C@@H]24. The first-order valence-corrected chi connectivity index (χ1v) is 14.7. The zero-order valence-electron chi connectivity index (χ0n) is 23.2. The molecule has 5 heterocycles. The summed E-state index contributed by atoms with van der Waals surface area (Å²) in [7, 11) is 1.71. The summed E-state index contributed by atoms with van der Waals surface area (Å²) in [5, 5.41) is 13.0. The molecule has 206 valence electrons. The minimum Gasteiger partial charge on any atom is -0.493 e. The molecule has 1 aromatic carbocycles. The van der Waals surface area contributed by atoms with E-state index in [-0.39, 0.29) is 30.8 Å². The first-order valence-electron chi connectivity index (χ1n) is 14.7. The molecule has 1 N–H and O–H groups in total. The van der Waals surface area contributed by atoms with Crippen molar-refractivity contribution in [2.75, 3.05) is 20.2 Å². The molecule has 3 aliphatic carbocycles. The third-order valence-electron chi connectivity index (χ3n) is 11.6. The van der Waals surface area contributed by atoms with E-state index in [0.717, 1.165) is 43.3 Å². The van der Waals surface area contributed by atoms with E-state index >= 15 is 0 Å². The predicted octanol–water partition coefficient (Wildman–Crippen LogP) is 2.93. The highest BCUT2D eigenvalue weighted by molar-refractivity contribution is 5.63. The second kappa shape index (κ2) is 6.72. The fourth-order valence-electron chi connectivity index (χ4n) is 9.90. The predicted molar refractivity (Wildman–Crippen MR) is 137 cm³/mol. The maximum absolute atomic E-state index is 13.0.